The topological polar surface area (TPSA) is 41.1 Å². The first kappa shape index (κ1) is 15.4. The molecule has 0 bridgehead atoms. The van der Waals surface area contributed by atoms with Crippen molar-refractivity contribution in [3.05, 3.63) is 0 Å². The minimum absolute atomic E-state index is 0.0943. The molecule has 0 aromatic rings. The maximum absolute atomic E-state index is 11.6. The van der Waals surface area contributed by atoms with Gasteiger partial charge in [-0.2, -0.15) is 0 Å². The highest BCUT2D eigenvalue weighted by atomic mass is 16.1. The first-order valence-corrected chi connectivity index (χ1v) is 6.35. The monoisotopic (exact) mass is 228 g/mol. The molecule has 0 spiro atoms. The van der Waals surface area contributed by atoms with Gasteiger partial charge in [-0.1, -0.05) is 27.7 Å². The standard InChI is InChI=1S/C13H28N2O/c1-9(2)7-11(5)14-8-13(16)15-12(6)10(3)4/h9-12,14H,7-8H2,1-6H3,(H,15,16). The van der Waals surface area contributed by atoms with E-state index in [1.165, 1.54) is 0 Å². The summed E-state index contributed by atoms with van der Waals surface area (Å²) in [6, 6.07) is 0.648. The average Bonchev–Trinajstić information content (AvgIpc) is 2.13. The predicted molar refractivity (Wildman–Crippen MR) is 69.4 cm³/mol. The molecule has 0 aromatic carbocycles. The molecule has 0 aromatic heterocycles. The van der Waals surface area contributed by atoms with Crippen molar-refractivity contribution >= 4 is 5.91 Å². The number of carbonyl (C=O) groups excluding carboxylic acids is 1. The van der Waals surface area contributed by atoms with Crippen LogP contribution < -0.4 is 10.6 Å². The third-order valence-electron chi connectivity index (χ3n) is 2.82. The Bertz CT molecular complexity index is 202. The summed E-state index contributed by atoms with van der Waals surface area (Å²) in [5.74, 6) is 1.24. The Morgan fingerprint density at radius 2 is 1.62 bits per heavy atom. The third kappa shape index (κ3) is 7.69. The maximum Gasteiger partial charge on any atom is 0.234 e. The molecule has 2 N–H and O–H groups in total. The van der Waals surface area contributed by atoms with E-state index in [9.17, 15) is 4.79 Å². The Balaban J connectivity index is 3.73. The quantitative estimate of drug-likeness (QED) is 0.701. The second-order valence-corrected chi connectivity index (χ2v) is 5.51. The lowest BCUT2D eigenvalue weighted by Gasteiger charge is -2.19. The van der Waals surface area contributed by atoms with E-state index in [2.05, 4.69) is 45.3 Å². The van der Waals surface area contributed by atoms with Gasteiger partial charge in [0.15, 0.2) is 0 Å². The van der Waals surface area contributed by atoms with Gasteiger partial charge in [-0.15, -0.1) is 0 Å². The number of amides is 1. The van der Waals surface area contributed by atoms with E-state index in [0.717, 1.165) is 6.42 Å². The van der Waals surface area contributed by atoms with E-state index in [1.807, 2.05) is 6.92 Å². The van der Waals surface area contributed by atoms with Crippen molar-refractivity contribution in [2.75, 3.05) is 6.54 Å². The first-order valence-electron chi connectivity index (χ1n) is 6.35. The molecule has 0 aliphatic heterocycles. The molecule has 0 saturated carbocycles. The van der Waals surface area contributed by atoms with Crippen molar-refractivity contribution in [2.24, 2.45) is 11.8 Å². The lowest BCUT2D eigenvalue weighted by atomic mass is 10.1. The zero-order valence-corrected chi connectivity index (χ0v) is 11.6. The Labute approximate surface area is 100 Å². The molecule has 2 atom stereocenters. The van der Waals surface area contributed by atoms with Crippen LogP contribution in [0.2, 0.25) is 0 Å². The molecule has 0 aliphatic rings. The van der Waals surface area contributed by atoms with E-state index in [4.69, 9.17) is 0 Å². The molecule has 0 radical (unpaired) electrons. The van der Waals surface area contributed by atoms with Gasteiger partial charge in [0.1, 0.15) is 0 Å². The summed E-state index contributed by atoms with van der Waals surface area (Å²) in [4.78, 5) is 11.6. The summed E-state index contributed by atoms with van der Waals surface area (Å²) in [6.45, 7) is 13.2. The molecule has 3 heteroatoms. The van der Waals surface area contributed by atoms with Crippen LogP contribution in [0.3, 0.4) is 0 Å². The van der Waals surface area contributed by atoms with Crippen molar-refractivity contribution in [1.29, 1.82) is 0 Å². The molecule has 1 amide bonds. The van der Waals surface area contributed by atoms with Crippen LogP contribution >= 0.6 is 0 Å². The number of nitrogens with one attached hydrogen (secondary N) is 2. The molecule has 0 aliphatic carbocycles. The summed E-state index contributed by atoms with van der Waals surface area (Å²) < 4.78 is 0. The Morgan fingerprint density at radius 3 is 2.06 bits per heavy atom. The van der Waals surface area contributed by atoms with Gasteiger partial charge in [0, 0.05) is 12.1 Å². The van der Waals surface area contributed by atoms with Crippen molar-refractivity contribution < 1.29 is 4.79 Å². The van der Waals surface area contributed by atoms with E-state index in [0.29, 0.717) is 24.4 Å². The maximum atomic E-state index is 11.6. The highest BCUT2D eigenvalue weighted by Gasteiger charge is 2.11. The third-order valence-corrected chi connectivity index (χ3v) is 2.82. The van der Waals surface area contributed by atoms with Gasteiger partial charge in [-0.05, 0) is 32.1 Å². The van der Waals surface area contributed by atoms with Gasteiger partial charge in [-0.3, -0.25) is 4.79 Å². The molecule has 0 saturated heterocycles. The summed E-state index contributed by atoms with van der Waals surface area (Å²) in [6.07, 6.45) is 1.10. The number of rotatable bonds is 7. The Morgan fingerprint density at radius 1 is 1.06 bits per heavy atom. The lowest BCUT2D eigenvalue weighted by molar-refractivity contribution is -0.121. The van der Waals surface area contributed by atoms with Crippen LogP contribution in [0.25, 0.3) is 0 Å². The normalized spacial score (nSPS) is 15.2. The SMILES string of the molecule is CC(C)CC(C)NCC(=O)NC(C)C(C)C. The fourth-order valence-corrected chi connectivity index (χ4v) is 1.53. The highest BCUT2D eigenvalue weighted by Crippen LogP contribution is 2.03. The molecule has 0 fully saturated rings. The zero-order chi connectivity index (χ0) is 12.7. The molecular weight excluding hydrogens is 200 g/mol. The first-order chi connectivity index (χ1) is 7.32. The van der Waals surface area contributed by atoms with Crippen molar-refractivity contribution in [3.8, 4) is 0 Å². The number of carbonyl (C=O) groups is 1. The van der Waals surface area contributed by atoms with Gasteiger partial charge in [0.05, 0.1) is 6.54 Å². The van der Waals surface area contributed by atoms with E-state index < -0.39 is 0 Å². The van der Waals surface area contributed by atoms with Crippen molar-refractivity contribution in [3.63, 3.8) is 0 Å². The highest BCUT2D eigenvalue weighted by molar-refractivity contribution is 5.78. The van der Waals surface area contributed by atoms with Gasteiger partial charge < -0.3 is 10.6 Å². The number of hydrogen-bond acceptors (Lipinski definition) is 2. The van der Waals surface area contributed by atoms with Crippen LogP contribution in [0, 0.1) is 11.8 Å². The zero-order valence-electron chi connectivity index (χ0n) is 11.6. The summed E-state index contributed by atoms with van der Waals surface area (Å²) in [5.41, 5.74) is 0. The van der Waals surface area contributed by atoms with Crippen LogP contribution in [0.4, 0.5) is 0 Å². The Kier molecular flexibility index (Phi) is 7.39. The molecular formula is C13H28N2O. The van der Waals surface area contributed by atoms with Crippen LogP contribution in [0.5, 0.6) is 0 Å². The van der Waals surface area contributed by atoms with Gasteiger partial charge in [0.2, 0.25) is 5.91 Å². The molecule has 3 nitrogen and oxygen atoms in total. The van der Waals surface area contributed by atoms with Gasteiger partial charge in [0.25, 0.3) is 0 Å². The fraction of sp³-hybridized carbons (Fsp3) is 0.923. The van der Waals surface area contributed by atoms with Crippen LogP contribution in [-0.2, 0) is 4.79 Å². The molecule has 16 heavy (non-hydrogen) atoms. The van der Waals surface area contributed by atoms with Gasteiger partial charge >= 0.3 is 0 Å². The minimum Gasteiger partial charge on any atom is -0.352 e. The summed E-state index contributed by atoms with van der Waals surface area (Å²) in [5, 5.41) is 6.23. The second kappa shape index (κ2) is 7.66. The van der Waals surface area contributed by atoms with E-state index in [-0.39, 0.29) is 11.9 Å². The van der Waals surface area contributed by atoms with E-state index in [1.54, 1.807) is 0 Å². The molecule has 0 heterocycles. The largest absolute Gasteiger partial charge is 0.352 e. The minimum atomic E-state index is 0.0943. The smallest absolute Gasteiger partial charge is 0.234 e. The van der Waals surface area contributed by atoms with Crippen LogP contribution in [0.15, 0.2) is 0 Å². The molecule has 0 rings (SSSR count). The predicted octanol–water partition coefficient (Wildman–Crippen LogP) is 2.17. The van der Waals surface area contributed by atoms with Crippen molar-refractivity contribution in [2.45, 2.75) is 60.0 Å². The lowest BCUT2D eigenvalue weighted by Crippen LogP contribution is -2.43. The second-order valence-electron chi connectivity index (χ2n) is 5.51. The fourth-order valence-electron chi connectivity index (χ4n) is 1.53. The van der Waals surface area contributed by atoms with Crippen molar-refractivity contribution in [1.82, 2.24) is 10.6 Å². The molecule has 2 unspecified atom stereocenters. The summed E-state index contributed by atoms with van der Waals surface area (Å²) >= 11 is 0. The van der Waals surface area contributed by atoms with Gasteiger partial charge in [-0.25, -0.2) is 0 Å². The average molecular weight is 228 g/mol. The van der Waals surface area contributed by atoms with Crippen LogP contribution in [0.1, 0.15) is 48.0 Å². The van der Waals surface area contributed by atoms with Crippen LogP contribution in [-0.4, -0.2) is 24.5 Å². The Hall–Kier alpha value is -0.570. The number of hydrogen-bond donors (Lipinski definition) is 2. The molecule has 96 valence electrons. The summed E-state index contributed by atoms with van der Waals surface area (Å²) in [7, 11) is 0. The van der Waals surface area contributed by atoms with E-state index >= 15 is 0 Å².